The van der Waals surface area contributed by atoms with Gasteiger partial charge in [-0.3, -0.25) is 4.79 Å². The number of halogens is 2. The Bertz CT molecular complexity index is 568. The number of amides is 1. The molecule has 0 saturated carbocycles. The van der Waals surface area contributed by atoms with Crippen molar-refractivity contribution in [1.82, 2.24) is 4.98 Å². The van der Waals surface area contributed by atoms with Crippen molar-refractivity contribution in [3.63, 3.8) is 0 Å². The molecule has 0 unspecified atom stereocenters. The fourth-order valence-corrected chi connectivity index (χ4v) is 1.67. The van der Waals surface area contributed by atoms with E-state index in [1.807, 2.05) is 0 Å². The molecule has 0 aliphatic carbocycles. The van der Waals surface area contributed by atoms with Crippen LogP contribution in [0.3, 0.4) is 0 Å². The molecule has 1 aromatic heterocycles. The lowest BCUT2D eigenvalue weighted by atomic mass is 10.3. The zero-order chi connectivity index (χ0) is 12.4. The number of aromatic amines is 1. The predicted molar refractivity (Wildman–Crippen MR) is 67.3 cm³/mol. The first-order chi connectivity index (χ1) is 8.06. The van der Waals surface area contributed by atoms with Crippen LogP contribution in [0.2, 0.25) is 0 Å². The average Bonchev–Trinajstić information content (AvgIpc) is 2.70. The van der Waals surface area contributed by atoms with E-state index in [0.717, 1.165) is 0 Å². The quantitative estimate of drug-likeness (QED) is 0.797. The van der Waals surface area contributed by atoms with E-state index in [-0.39, 0.29) is 5.91 Å². The van der Waals surface area contributed by atoms with Crippen molar-refractivity contribution in [1.29, 1.82) is 0 Å². The average molecular weight is 298 g/mol. The first-order valence-electron chi connectivity index (χ1n) is 4.76. The number of nitrogens with one attached hydrogen (secondary N) is 2. The van der Waals surface area contributed by atoms with Crippen LogP contribution in [0.25, 0.3) is 0 Å². The standard InChI is InChI=1S/C11H9BrFN3O/c12-8-2-1-6(13)3-9(8)16-11(17)10-4-7(14)5-15-10/h1-5,15H,14H2,(H,16,17). The number of hydrogen-bond acceptors (Lipinski definition) is 2. The Balaban J connectivity index is 2.21. The number of H-pyrrole nitrogens is 1. The predicted octanol–water partition coefficient (Wildman–Crippen LogP) is 2.75. The zero-order valence-electron chi connectivity index (χ0n) is 8.63. The minimum atomic E-state index is -0.422. The molecule has 0 bridgehead atoms. The third-order valence-corrected chi connectivity index (χ3v) is 2.82. The minimum absolute atomic E-state index is 0.318. The van der Waals surface area contributed by atoms with E-state index in [1.165, 1.54) is 30.5 Å². The van der Waals surface area contributed by atoms with Gasteiger partial charge in [-0.15, -0.1) is 0 Å². The van der Waals surface area contributed by atoms with Gasteiger partial charge < -0.3 is 16.0 Å². The van der Waals surface area contributed by atoms with Crippen LogP contribution in [0.5, 0.6) is 0 Å². The van der Waals surface area contributed by atoms with Gasteiger partial charge in [0.2, 0.25) is 0 Å². The van der Waals surface area contributed by atoms with E-state index >= 15 is 0 Å². The third-order valence-electron chi connectivity index (χ3n) is 2.13. The van der Waals surface area contributed by atoms with Gasteiger partial charge >= 0.3 is 0 Å². The summed E-state index contributed by atoms with van der Waals surface area (Å²) in [4.78, 5) is 14.5. The highest BCUT2D eigenvalue weighted by atomic mass is 79.9. The molecule has 1 amide bonds. The first kappa shape index (κ1) is 11.7. The monoisotopic (exact) mass is 297 g/mol. The van der Waals surface area contributed by atoms with Crippen molar-refractivity contribution in [3.8, 4) is 0 Å². The van der Waals surface area contributed by atoms with E-state index in [9.17, 15) is 9.18 Å². The summed E-state index contributed by atoms with van der Waals surface area (Å²) >= 11 is 3.22. The van der Waals surface area contributed by atoms with Gasteiger partial charge in [-0.05, 0) is 40.2 Å². The number of carbonyl (C=O) groups is 1. The second-order valence-electron chi connectivity index (χ2n) is 3.42. The number of benzene rings is 1. The SMILES string of the molecule is Nc1c[nH]c(C(=O)Nc2cc(F)ccc2Br)c1. The van der Waals surface area contributed by atoms with Crippen molar-refractivity contribution >= 4 is 33.2 Å². The number of hydrogen-bond donors (Lipinski definition) is 3. The lowest BCUT2D eigenvalue weighted by molar-refractivity contribution is 0.102. The van der Waals surface area contributed by atoms with Crippen molar-refractivity contribution in [2.24, 2.45) is 0 Å². The highest BCUT2D eigenvalue weighted by Crippen LogP contribution is 2.23. The number of rotatable bonds is 2. The topological polar surface area (TPSA) is 70.9 Å². The zero-order valence-corrected chi connectivity index (χ0v) is 10.2. The molecule has 6 heteroatoms. The van der Waals surface area contributed by atoms with Crippen LogP contribution in [-0.4, -0.2) is 10.9 Å². The van der Waals surface area contributed by atoms with E-state index in [1.54, 1.807) is 0 Å². The first-order valence-corrected chi connectivity index (χ1v) is 5.56. The lowest BCUT2D eigenvalue weighted by Gasteiger charge is -2.06. The van der Waals surface area contributed by atoms with Crippen LogP contribution >= 0.6 is 15.9 Å². The Hall–Kier alpha value is -1.82. The number of nitrogens with two attached hydrogens (primary N) is 1. The molecule has 2 rings (SSSR count). The number of carbonyl (C=O) groups excluding carboxylic acids is 1. The molecule has 4 nitrogen and oxygen atoms in total. The summed E-state index contributed by atoms with van der Waals surface area (Å²) in [6, 6.07) is 5.55. The summed E-state index contributed by atoms with van der Waals surface area (Å²) in [6.45, 7) is 0. The highest BCUT2D eigenvalue weighted by molar-refractivity contribution is 9.10. The Morgan fingerprint density at radius 3 is 2.82 bits per heavy atom. The Morgan fingerprint density at radius 2 is 2.18 bits per heavy atom. The second kappa shape index (κ2) is 4.58. The normalized spacial score (nSPS) is 10.2. The van der Waals surface area contributed by atoms with E-state index in [4.69, 9.17) is 5.73 Å². The van der Waals surface area contributed by atoms with Gasteiger partial charge in [0, 0.05) is 16.4 Å². The summed E-state index contributed by atoms with van der Waals surface area (Å²) in [5.41, 5.74) is 6.63. The molecule has 1 aromatic carbocycles. The van der Waals surface area contributed by atoms with Gasteiger partial charge in [0.05, 0.1) is 5.69 Å². The van der Waals surface area contributed by atoms with Gasteiger partial charge in [0.15, 0.2) is 0 Å². The van der Waals surface area contributed by atoms with Crippen molar-refractivity contribution in [2.45, 2.75) is 0 Å². The molecule has 17 heavy (non-hydrogen) atoms. The van der Waals surface area contributed by atoms with Crippen LogP contribution < -0.4 is 11.1 Å². The molecule has 0 fully saturated rings. The molecule has 4 N–H and O–H groups in total. The molecule has 0 radical (unpaired) electrons. The maximum Gasteiger partial charge on any atom is 0.272 e. The van der Waals surface area contributed by atoms with Crippen molar-refractivity contribution < 1.29 is 9.18 Å². The van der Waals surface area contributed by atoms with Gasteiger partial charge in [-0.2, -0.15) is 0 Å². The smallest absolute Gasteiger partial charge is 0.272 e. The van der Waals surface area contributed by atoms with Crippen molar-refractivity contribution in [3.05, 3.63) is 46.4 Å². The van der Waals surface area contributed by atoms with Crippen LogP contribution in [0, 0.1) is 5.82 Å². The van der Waals surface area contributed by atoms with Crippen LogP contribution in [0.4, 0.5) is 15.8 Å². The number of anilines is 2. The molecule has 0 atom stereocenters. The Labute approximate surface area is 105 Å². The summed E-state index contributed by atoms with van der Waals surface area (Å²) in [5, 5.41) is 2.57. The lowest BCUT2D eigenvalue weighted by Crippen LogP contribution is -2.12. The number of nitrogen functional groups attached to an aromatic ring is 1. The van der Waals surface area contributed by atoms with E-state index in [0.29, 0.717) is 21.5 Å². The minimum Gasteiger partial charge on any atom is -0.397 e. The van der Waals surface area contributed by atoms with Gasteiger partial charge in [0.1, 0.15) is 11.5 Å². The molecular formula is C11H9BrFN3O. The highest BCUT2D eigenvalue weighted by Gasteiger charge is 2.10. The molecule has 0 aliphatic rings. The largest absolute Gasteiger partial charge is 0.397 e. The van der Waals surface area contributed by atoms with Gasteiger partial charge in [0.25, 0.3) is 5.91 Å². The molecule has 88 valence electrons. The summed E-state index contributed by atoms with van der Waals surface area (Å²) in [7, 11) is 0. The van der Waals surface area contributed by atoms with Crippen LogP contribution in [0.1, 0.15) is 10.5 Å². The molecule has 0 saturated heterocycles. The maximum absolute atomic E-state index is 13.0. The van der Waals surface area contributed by atoms with Gasteiger partial charge in [-0.25, -0.2) is 4.39 Å². The Morgan fingerprint density at radius 1 is 1.41 bits per heavy atom. The van der Waals surface area contributed by atoms with Crippen LogP contribution in [0.15, 0.2) is 34.9 Å². The van der Waals surface area contributed by atoms with E-state index < -0.39 is 5.82 Å². The number of aromatic nitrogens is 1. The molecule has 1 heterocycles. The Kier molecular flexibility index (Phi) is 3.14. The van der Waals surface area contributed by atoms with Gasteiger partial charge in [-0.1, -0.05) is 0 Å². The fraction of sp³-hybridized carbons (Fsp3) is 0. The van der Waals surface area contributed by atoms with Crippen molar-refractivity contribution in [2.75, 3.05) is 11.1 Å². The summed E-state index contributed by atoms with van der Waals surface area (Å²) in [5.74, 6) is -0.803. The maximum atomic E-state index is 13.0. The fourth-order valence-electron chi connectivity index (χ4n) is 1.33. The molecular weight excluding hydrogens is 289 g/mol. The molecule has 2 aromatic rings. The molecule has 0 aliphatic heterocycles. The third kappa shape index (κ3) is 2.65. The van der Waals surface area contributed by atoms with E-state index in [2.05, 4.69) is 26.2 Å². The summed E-state index contributed by atoms with van der Waals surface area (Å²) in [6.07, 6.45) is 1.51. The molecule has 0 spiro atoms. The summed E-state index contributed by atoms with van der Waals surface area (Å²) < 4.78 is 13.6. The second-order valence-corrected chi connectivity index (χ2v) is 4.28. The van der Waals surface area contributed by atoms with Crippen LogP contribution in [-0.2, 0) is 0 Å².